The first-order chi connectivity index (χ1) is 8.22. The van der Waals surface area contributed by atoms with Crippen LogP contribution in [-0.2, 0) is 13.5 Å². The molecule has 0 unspecified atom stereocenters. The summed E-state index contributed by atoms with van der Waals surface area (Å²) in [5.74, 6) is 1.59. The number of ether oxygens (including phenoxy) is 2. The molecule has 1 aliphatic heterocycles. The smallest absolute Gasteiger partial charge is 0.231 e. The van der Waals surface area contributed by atoms with Crippen molar-refractivity contribution in [3.05, 3.63) is 23.4 Å². The molecule has 90 valence electrons. The summed E-state index contributed by atoms with van der Waals surface area (Å²) in [7, 11) is 2.03. The van der Waals surface area contributed by atoms with Crippen LogP contribution in [0.5, 0.6) is 11.5 Å². The number of benzene rings is 1. The van der Waals surface area contributed by atoms with Crippen LogP contribution in [0.4, 0.5) is 0 Å². The number of fused-ring (bicyclic) bond motifs is 2. The van der Waals surface area contributed by atoms with Gasteiger partial charge in [-0.1, -0.05) is 0 Å². The van der Waals surface area contributed by atoms with Crippen LogP contribution in [0.1, 0.15) is 11.3 Å². The molecule has 0 fully saturated rings. The van der Waals surface area contributed by atoms with E-state index in [9.17, 15) is 0 Å². The second kappa shape index (κ2) is 3.67. The molecule has 1 N–H and O–H groups in total. The van der Waals surface area contributed by atoms with Gasteiger partial charge in [0.2, 0.25) is 6.79 Å². The van der Waals surface area contributed by atoms with Gasteiger partial charge in [-0.25, -0.2) is 0 Å². The van der Waals surface area contributed by atoms with E-state index in [1.807, 2.05) is 19.2 Å². The number of nitrogens with zero attached hydrogens (tertiary/aromatic N) is 1. The van der Waals surface area contributed by atoms with Gasteiger partial charge in [0.15, 0.2) is 11.5 Å². The van der Waals surface area contributed by atoms with E-state index in [1.54, 1.807) is 0 Å². The summed E-state index contributed by atoms with van der Waals surface area (Å²) in [5.41, 5.74) is 3.48. The molecule has 0 bridgehead atoms. The number of rotatable bonds is 2. The van der Waals surface area contributed by atoms with Crippen LogP contribution in [0, 0.1) is 6.92 Å². The summed E-state index contributed by atoms with van der Waals surface area (Å²) in [6.45, 7) is 2.52. The topological polar surface area (TPSA) is 43.6 Å². The average molecular weight is 233 g/mol. The maximum Gasteiger partial charge on any atom is 0.231 e. The summed E-state index contributed by atoms with van der Waals surface area (Å²) >= 11 is 0. The molecule has 0 saturated carbocycles. The Bertz CT molecular complexity index is 586. The lowest BCUT2D eigenvalue weighted by Crippen LogP contribution is -1.95. The molecule has 0 amide bonds. The Morgan fingerprint density at radius 1 is 1.29 bits per heavy atom. The summed E-state index contributed by atoms with van der Waals surface area (Å²) in [6.07, 6.45) is 0.669. The third kappa shape index (κ3) is 1.41. The molecule has 0 saturated heterocycles. The number of aromatic nitrogens is 1. The van der Waals surface area contributed by atoms with Gasteiger partial charge >= 0.3 is 0 Å². The average Bonchev–Trinajstić information content (AvgIpc) is 2.87. The van der Waals surface area contributed by atoms with E-state index >= 15 is 0 Å². The lowest BCUT2D eigenvalue weighted by Gasteiger charge is -2.00. The van der Waals surface area contributed by atoms with E-state index in [1.165, 1.54) is 11.3 Å². The molecule has 0 atom stereocenters. The standard InChI is InChI=1S/C13H15NO3/c1-8-9(3-4-15)10-5-12-13(17-7-16-12)6-11(10)14(8)2/h5-6,15H,3-4,7H2,1-2H3. The molecule has 0 aliphatic carbocycles. The predicted molar refractivity (Wildman–Crippen MR) is 64.6 cm³/mol. The van der Waals surface area contributed by atoms with Gasteiger partial charge in [-0.3, -0.25) is 0 Å². The van der Waals surface area contributed by atoms with Crippen LogP contribution in [0.3, 0.4) is 0 Å². The van der Waals surface area contributed by atoms with E-state index in [0.29, 0.717) is 13.2 Å². The number of hydrogen-bond donors (Lipinski definition) is 1. The summed E-state index contributed by atoms with van der Waals surface area (Å²) < 4.78 is 12.9. The summed E-state index contributed by atoms with van der Waals surface area (Å²) in [4.78, 5) is 0. The van der Waals surface area contributed by atoms with E-state index in [2.05, 4.69) is 11.5 Å². The Morgan fingerprint density at radius 2 is 2.00 bits per heavy atom. The van der Waals surface area contributed by atoms with E-state index < -0.39 is 0 Å². The number of hydrogen-bond acceptors (Lipinski definition) is 3. The van der Waals surface area contributed by atoms with Crippen LogP contribution in [0.2, 0.25) is 0 Å². The maximum absolute atomic E-state index is 9.14. The molecule has 2 aromatic rings. The first-order valence-corrected chi connectivity index (χ1v) is 5.70. The van der Waals surface area contributed by atoms with Gasteiger partial charge in [0, 0.05) is 30.8 Å². The molecule has 4 heteroatoms. The van der Waals surface area contributed by atoms with Crippen molar-refractivity contribution in [2.45, 2.75) is 13.3 Å². The molecule has 17 heavy (non-hydrogen) atoms. The molecular weight excluding hydrogens is 218 g/mol. The van der Waals surface area contributed by atoms with Crippen molar-refractivity contribution in [3.8, 4) is 11.5 Å². The first kappa shape index (κ1) is 10.5. The van der Waals surface area contributed by atoms with Crippen molar-refractivity contribution in [2.24, 2.45) is 7.05 Å². The Labute approximate surface area is 99.4 Å². The van der Waals surface area contributed by atoms with Crippen LogP contribution in [0.15, 0.2) is 12.1 Å². The highest BCUT2D eigenvalue weighted by atomic mass is 16.7. The number of aliphatic hydroxyl groups excluding tert-OH is 1. The van der Waals surface area contributed by atoms with Gasteiger partial charge in [0.1, 0.15) is 0 Å². The van der Waals surface area contributed by atoms with Gasteiger partial charge in [0.05, 0.1) is 5.52 Å². The molecule has 1 aliphatic rings. The molecule has 4 nitrogen and oxygen atoms in total. The Hall–Kier alpha value is -1.68. The fourth-order valence-electron chi connectivity index (χ4n) is 2.46. The molecule has 1 aromatic heterocycles. The summed E-state index contributed by atoms with van der Waals surface area (Å²) in [6, 6.07) is 4.02. The Balaban J connectivity index is 2.30. The third-order valence-corrected chi connectivity index (χ3v) is 3.48. The highest BCUT2D eigenvalue weighted by Gasteiger charge is 2.19. The zero-order chi connectivity index (χ0) is 12.0. The van der Waals surface area contributed by atoms with Gasteiger partial charge < -0.3 is 19.1 Å². The van der Waals surface area contributed by atoms with E-state index in [-0.39, 0.29) is 6.61 Å². The van der Waals surface area contributed by atoms with E-state index in [0.717, 1.165) is 22.4 Å². The molecule has 3 rings (SSSR count). The van der Waals surface area contributed by atoms with Crippen LogP contribution < -0.4 is 9.47 Å². The van der Waals surface area contributed by atoms with Gasteiger partial charge in [-0.05, 0) is 25.0 Å². The SMILES string of the molecule is Cc1c(CCO)c2cc3c(cc2n1C)OCO3. The van der Waals surface area contributed by atoms with Gasteiger partial charge in [0.25, 0.3) is 0 Å². The number of aryl methyl sites for hydroxylation is 1. The normalized spacial score (nSPS) is 13.6. The molecule has 0 spiro atoms. The lowest BCUT2D eigenvalue weighted by atomic mass is 10.1. The van der Waals surface area contributed by atoms with E-state index in [4.69, 9.17) is 14.6 Å². The fraction of sp³-hybridized carbons (Fsp3) is 0.385. The Kier molecular flexibility index (Phi) is 2.26. The molecular formula is C13H15NO3. The van der Waals surface area contributed by atoms with Crippen molar-refractivity contribution in [2.75, 3.05) is 13.4 Å². The van der Waals surface area contributed by atoms with Crippen molar-refractivity contribution in [1.82, 2.24) is 4.57 Å². The zero-order valence-electron chi connectivity index (χ0n) is 9.99. The van der Waals surface area contributed by atoms with Gasteiger partial charge in [-0.15, -0.1) is 0 Å². The fourth-order valence-corrected chi connectivity index (χ4v) is 2.46. The van der Waals surface area contributed by atoms with Crippen molar-refractivity contribution in [1.29, 1.82) is 0 Å². The molecule has 2 heterocycles. The van der Waals surface area contributed by atoms with Crippen molar-refractivity contribution < 1.29 is 14.6 Å². The largest absolute Gasteiger partial charge is 0.454 e. The molecule has 0 radical (unpaired) electrons. The third-order valence-electron chi connectivity index (χ3n) is 3.48. The number of aliphatic hydroxyl groups is 1. The van der Waals surface area contributed by atoms with Crippen LogP contribution >= 0.6 is 0 Å². The predicted octanol–water partition coefficient (Wildman–Crippen LogP) is 1.75. The summed E-state index contributed by atoms with van der Waals surface area (Å²) in [5, 5.41) is 10.3. The second-order valence-electron chi connectivity index (χ2n) is 4.32. The van der Waals surface area contributed by atoms with Crippen LogP contribution in [-0.4, -0.2) is 23.1 Å². The quantitative estimate of drug-likeness (QED) is 0.859. The zero-order valence-corrected chi connectivity index (χ0v) is 9.99. The van der Waals surface area contributed by atoms with Crippen molar-refractivity contribution in [3.63, 3.8) is 0 Å². The lowest BCUT2D eigenvalue weighted by molar-refractivity contribution is 0.174. The Morgan fingerprint density at radius 3 is 2.71 bits per heavy atom. The highest BCUT2D eigenvalue weighted by Crippen LogP contribution is 2.38. The molecule has 1 aromatic carbocycles. The van der Waals surface area contributed by atoms with Gasteiger partial charge in [-0.2, -0.15) is 0 Å². The van der Waals surface area contributed by atoms with Crippen LogP contribution in [0.25, 0.3) is 10.9 Å². The second-order valence-corrected chi connectivity index (χ2v) is 4.32. The highest BCUT2D eigenvalue weighted by molar-refractivity contribution is 5.89. The minimum Gasteiger partial charge on any atom is -0.454 e. The van der Waals surface area contributed by atoms with Crippen molar-refractivity contribution >= 4 is 10.9 Å². The monoisotopic (exact) mass is 233 g/mol. The minimum atomic E-state index is 0.161. The minimum absolute atomic E-state index is 0.161. The first-order valence-electron chi connectivity index (χ1n) is 5.70. The maximum atomic E-state index is 9.14.